The Hall–Kier alpha value is -1.06. The standard InChI is InChI=1S/C17H25NO2/c18-17(9-5-1-2-6-10-17)13-19-12-15-11-14-7-3-4-8-16(14)20-15/h3-4,7-8,15H,1-2,5-6,9-13,18H2. The summed E-state index contributed by atoms with van der Waals surface area (Å²) in [4.78, 5) is 0. The fourth-order valence-electron chi connectivity index (χ4n) is 3.32. The Morgan fingerprint density at radius 1 is 1.15 bits per heavy atom. The molecule has 1 aromatic rings. The molecule has 1 saturated carbocycles. The first kappa shape index (κ1) is 13.9. The summed E-state index contributed by atoms with van der Waals surface area (Å²) < 4.78 is 11.8. The first-order valence-corrected chi connectivity index (χ1v) is 7.86. The highest BCUT2D eigenvalue weighted by atomic mass is 16.5. The van der Waals surface area contributed by atoms with Crippen LogP contribution in [0.2, 0.25) is 0 Å². The quantitative estimate of drug-likeness (QED) is 0.859. The first-order valence-electron chi connectivity index (χ1n) is 7.86. The molecule has 0 spiro atoms. The SMILES string of the molecule is NC1(COCC2Cc3ccccc3O2)CCCCCC1. The molecule has 3 rings (SSSR count). The zero-order valence-electron chi connectivity index (χ0n) is 12.1. The second-order valence-electron chi connectivity index (χ2n) is 6.34. The molecule has 1 unspecified atom stereocenters. The van der Waals surface area contributed by atoms with Gasteiger partial charge >= 0.3 is 0 Å². The van der Waals surface area contributed by atoms with Crippen molar-refractivity contribution in [2.75, 3.05) is 13.2 Å². The minimum Gasteiger partial charge on any atom is -0.487 e. The van der Waals surface area contributed by atoms with Crippen LogP contribution in [0.3, 0.4) is 0 Å². The van der Waals surface area contributed by atoms with Crippen LogP contribution in [0.1, 0.15) is 44.1 Å². The van der Waals surface area contributed by atoms with Gasteiger partial charge < -0.3 is 15.2 Å². The second-order valence-corrected chi connectivity index (χ2v) is 6.34. The van der Waals surface area contributed by atoms with Crippen LogP contribution in [0.15, 0.2) is 24.3 Å². The van der Waals surface area contributed by atoms with Crippen molar-refractivity contribution in [1.82, 2.24) is 0 Å². The van der Waals surface area contributed by atoms with Crippen molar-refractivity contribution < 1.29 is 9.47 Å². The number of ether oxygens (including phenoxy) is 2. The molecule has 1 aromatic carbocycles. The number of benzene rings is 1. The third-order valence-electron chi connectivity index (χ3n) is 4.51. The van der Waals surface area contributed by atoms with Gasteiger partial charge in [-0.1, -0.05) is 43.9 Å². The van der Waals surface area contributed by atoms with Crippen molar-refractivity contribution in [2.45, 2.75) is 56.6 Å². The lowest BCUT2D eigenvalue weighted by atomic mass is 9.92. The fraction of sp³-hybridized carbons (Fsp3) is 0.647. The smallest absolute Gasteiger partial charge is 0.126 e. The zero-order chi connectivity index (χ0) is 13.8. The van der Waals surface area contributed by atoms with Crippen molar-refractivity contribution in [3.8, 4) is 5.75 Å². The predicted octanol–water partition coefficient (Wildman–Crippen LogP) is 3.06. The second kappa shape index (κ2) is 6.15. The van der Waals surface area contributed by atoms with Crippen LogP contribution in [0, 0.1) is 0 Å². The van der Waals surface area contributed by atoms with E-state index in [0.717, 1.165) is 25.0 Å². The van der Waals surface area contributed by atoms with Gasteiger partial charge in [-0.3, -0.25) is 0 Å². The van der Waals surface area contributed by atoms with E-state index in [-0.39, 0.29) is 11.6 Å². The van der Waals surface area contributed by atoms with Gasteiger partial charge in [0.05, 0.1) is 13.2 Å². The molecule has 1 heterocycles. The molecule has 0 saturated heterocycles. The molecule has 3 nitrogen and oxygen atoms in total. The van der Waals surface area contributed by atoms with Crippen LogP contribution in [0.5, 0.6) is 5.75 Å². The third-order valence-corrected chi connectivity index (χ3v) is 4.51. The lowest BCUT2D eigenvalue weighted by Gasteiger charge is -2.28. The molecule has 110 valence electrons. The van der Waals surface area contributed by atoms with E-state index in [1.54, 1.807) is 0 Å². The van der Waals surface area contributed by atoms with Crippen molar-refractivity contribution in [3.63, 3.8) is 0 Å². The Morgan fingerprint density at radius 3 is 2.65 bits per heavy atom. The van der Waals surface area contributed by atoms with E-state index >= 15 is 0 Å². The van der Waals surface area contributed by atoms with Crippen molar-refractivity contribution >= 4 is 0 Å². The number of hydrogen-bond acceptors (Lipinski definition) is 3. The van der Waals surface area contributed by atoms with E-state index in [9.17, 15) is 0 Å². The molecule has 0 bridgehead atoms. The van der Waals surface area contributed by atoms with Crippen LogP contribution in [0.25, 0.3) is 0 Å². The van der Waals surface area contributed by atoms with E-state index in [1.807, 2.05) is 12.1 Å². The third kappa shape index (κ3) is 3.33. The summed E-state index contributed by atoms with van der Waals surface area (Å²) in [6, 6.07) is 8.24. The molecule has 0 amide bonds. The maximum absolute atomic E-state index is 6.46. The minimum absolute atomic E-state index is 0.109. The van der Waals surface area contributed by atoms with Crippen LogP contribution in [0.4, 0.5) is 0 Å². The van der Waals surface area contributed by atoms with Crippen LogP contribution in [-0.4, -0.2) is 24.9 Å². The van der Waals surface area contributed by atoms with Crippen LogP contribution < -0.4 is 10.5 Å². The van der Waals surface area contributed by atoms with Gasteiger partial charge in [0.1, 0.15) is 11.9 Å². The number of rotatable bonds is 4. The van der Waals surface area contributed by atoms with E-state index in [2.05, 4.69) is 12.1 Å². The molecule has 1 fully saturated rings. The average molecular weight is 275 g/mol. The molecule has 1 aliphatic heterocycles. The summed E-state index contributed by atoms with van der Waals surface area (Å²) in [6.07, 6.45) is 8.42. The maximum atomic E-state index is 6.46. The highest BCUT2D eigenvalue weighted by Gasteiger charge is 2.28. The summed E-state index contributed by atoms with van der Waals surface area (Å²) in [5.74, 6) is 1.01. The van der Waals surface area contributed by atoms with Crippen molar-refractivity contribution in [3.05, 3.63) is 29.8 Å². The van der Waals surface area contributed by atoms with Crippen LogP contribution in [-0.2, 0) is 11.2 Å². The van der Waals surface area contributed by atoms with Gasteiger partial charge in [-0.05, 0) is 24.5 Å². The highest BCUT2D eigenvalue weighted by Crippen LogP contribution is 2.29. The molecule has 0 aromatic heterocycles. The Labute approximate surface area is 121 Å². The highest BCUT2D eigenvalue weighted by molar-refractivity contribution is 5.37. The van der Waals surface area contributed by atoms with Gasteiger partial charge in [-0.25, -0.2) is 0 Å². The van der Waals surface area contributed by atoms with E-state index in [4.69, 9.17) is 15.2 Å². The average Bonchev–Trinajstić information content (AvgIpc) is 2.73. The molecule has 20 heavy (non-hydrogen) atoms. The first-order chi connectivity index (χ1) is 9.75. The van der Waals surface area contributed by atoms with Gasteiger partial charge in [-0.15, -0.1) is 0 Å². The van der Waals surface area contributed by atoms with Crippen molar-refractivity contribution in [1.29, 1.82) is 0 Å². The summed E-state index contributed by atoms with van der Waals surface area (Å²) >= 11 is 0. The van der Waals surface area contributed by atoms with Gasteiger partial charge in [0, 0.05) is 12.0 Å². The lowest BCUT2D eigenvalue weighted by Crippen LogP contribution is -2.44. The van der Waals surface area contributed by atoms with Gasteiger partial charge in [0.25, 0.3) is 0 Å². The Morgan fingerprint density at radius 2 is 1.90 bits per heavy atom. The Balaban J connectivity index is 1.45. The van der Waals surface area contributed by atoms with E-state index < -0.39 is 0 Å². The van der Waals surface area contributed by atoms with Gasteiger partial charge in [-0.2, -0.15) is 0 Å². The number of nitrogens with two attached hydrogens (primary N) is 1. The Bertz CT molecular complexity index is 413. The normalized spacial score (nSPS) is 24.8. The molecule has 2 aliphatic rings. The van der Waals surface area contributed by atoms with Crippen molar-refractivity contribution in [2.24, 2.45) is 5.73 Å². The lowest BCUT2D eigenvalue weighted by molar-refractivity contribution is 0.0291. The molecular formula is C17H25NO2. The van der Waals surface area contributed by atoms with Crippen LogP contribution >= 0.6 is 0 Å². The maximum Gasteiger partial charge on any atom is 0.126 e. The molecule has 1 aliphatic carbocycles. The molecule has 2 N–H and O–H groups in total. The molecule has 1 atom stereocenters. The number of fused-ring (bicyclic) bond motifs is 1. The predicted molar refractivity (Wildman–Crippen MR) is 80.0 cm³/mol. The zero-order valence-corrected chi connectivity index (χ0v) is 12.1. The molecule has 3 heteroatoms. The number of hydrogen-bond donors (Lipinski definition) is 1. The number of para-hydroxylation sites is 1. The van der Waals surface area contributed by atoms with E-state index in [1.165, 1.54) is 31.2 Å². The van der Waals surface area contributed by atoms with Gasteiger partial charge in [0.2, 0.25) is 0 Å². The van der Waals surface area contributed by atoms with E-state index in [0.29, 0.717) is 13.2 Å². The molecule has 0 radical (unpaired) electrons. The molecular weight excluding hydrogens is 250 g/mol. The summed E-state index contributed by atoms with van der Waals surface area (Å²) in [6.45, 7) is 1.32. The van der Waals surface area contributed by atoms with Gasteiger partial charge in [0.15, 0.2) is 0 Å². The minimum atomic E-state index is -0.109. The monoisotopic (exact) mass is 275 g/mol. The Kier molecular flexibility index (Phi) is 4.27. The summed E-state index contributed by atoms with van der Waals surface area (Å²) in [5.41, 5.74) is 7.64. The summed E-state index contributed by atoms with van der Waals surface area (Å²) in [7, 11) is 0. The summed E-state index contributed by atoms with van der Waals surface area (Å²) in [5, 5.41) is 0. The topological polar surface area (TPSA) is 44.5 Å². The largest absolute Gasteiger partial charge is 0.487 e. The fourth-order valence-corrected chi connectivity index (χ4v) is 3.32.